The third kappa shape index (κ3) is 3.59. The molecule has 1 aliphatic carbocycles. The van der Waals surface area contributed by atoms with Gasteiger partial charge in [-0.1, -0.05) is 42.1 Å². The van der Waals surface area contributed by atoms with Gasteiger partial charge in [-0.25, -0.2) is 13.8 Å². The Hall–Kier alpha value is -2.44. The Morgan fingerprint density at radius 2 is 1.87 bits per heavy atom. The lowest BCUT2D eigenvalue weighted by Gasteiger charge is -2.17. The number of imidazole rings is 1. The molecule has 1 N–H and O–H groups in total. The molecule has 0 spiro atoms. The standard InChI is InChI=1S/C22H19Cl2F2N3O/c1-27-22(30)19-20(13-9-10-16(25)15(24)11-13)29(17-8-4-7-14(23)18(17)26)21(28-19)12-5-2-3-6-12/h4,7-12H,2-3,5-6H2,1H3,(H,27,30). The molecule has 4 rings (SSSR count). The van der Waals surface area contributed by atoms with Crippen molar-refractivity contribution in [2.45, 2.75) is 31.6 Å². The zero-order valence-corrected chi connectivity index (χ0v) is 17.7. The number of aromatic nitrogens is 2. The number of benzene rings is 2. The summed E-state index contributed by atoms with van der Waals surface area (Å²) in [6, 6.07) is 8.82. The number of carbonyl (C=O) groups is 1. The molecule has 8 heteroatoms. The Morgan fingerprint density at radius 1 is 1.13 bits per heavy atom. The minimum atomic E-state index is -0.617. The summed E-state index contributed by atoms with van der Waals surface area (Å²) in [6.07, 6.45) is 3.83. The van der Waals surface area contributed by atoms with E-state index >= 15 is 4.39 Å². The predicted molar refractivity (Wildman–Crippen MR) is 114 cm³/mol. The maximum absolute atomic E-state index is 15.1. The molecule has 156 valence electrons. The summed E-state index contributed by atoms with van der Waals surface area (Å²) in [5, 5.41) is 2.45. The van der Waals surface area contributed by atoms with Crippen LogP contribution in [0, 0.1) is 11.6 Å². The van der Waals surface area contributed by atoms with Gasteiger partial charge in [0, 0.05) is 18.5 Å². The predicted octanol–water partition coefficient (Wildman–Crippen LogP) is 6.14. The van der Waals surface area contributed by atoms with Crippen LogP contribution in [0.3, 0.4) is 0 Å². The van der Waals surface area contributed by atoms with E-state index in [0.717, 1.165) is 25.7 Å². The minimum absolute atomic E-state index is 0.0387. The van der Waals surface area contributed by atoms with Gasteiger partial charge in [-0.2, -0.15) is 0 Å². The molecule has 2 aromatic carbocycles. The van der Waals surface area contributed by atoms with Crippen LogP contribution in [0.25, 0.3) is 16.9 Å². The Labute approximate surface area is 182 Å². The van der Waals surface area contributed by atoms with E-state index in [1.165, 1.54) is 31.3 Å². The summed E-state index contributed by atoms with van der Waals surface area (Å²) in [6.45, 7) is 0. The first-order chi connectivity index (χ1) is 14.4. The van der Waals surface area contributed by atoms with Crippen LogP contribution in [0.2, 0.25) is 10.0 Å². The Kier molecular flexibility index (Phi) is 5.80. The van der Waals surface area contributed by atoms with Crippen LogP contribution in [0.1, 0.15) is 47.9 Å². The van der Waals surface area contributed by atoms with Gasteiger partial charge >= 0.3 is 0 Å². The molecule has 0 saturated heterocycles. The Balaban J connectivity index is 2.08. The third-order valence-corrected chi connectivity index (χ3v) is 6.01. The highest BCUT2D eigenvalue weighted by atomic mass is 35.5. The smallest absolute Gasteiger partial charge is 0.271 e. The Bertz CT molecular complexity index is 1120. The van der Waals surface area contributed by atoms with Gasteiger partial charge in [0.25, 0.3) is 5.91 Å². The van der Waals surface area contributed by atoms with Gasteiger partial charge < -0.3 is 5.32 Å². The zero-order valence-electron chi connectivity index (χ0n) is 16.2. The maximum Gasteiger partial charge on any atom is 0.271 e. The highest BCUT2D eigenvalue weighted by Crippen LogP contribution is 2.40. The topological polar surface area (TPSA) is 46.9 Å². The van der Waals surface area contributed by atoms with Crippen molar-refractivity contribution < 1.29 is 13.6 Å². The Morgan fingerprint density at radius 3 is 2.53 bits per heavy atom. The van der Waals surface area contributed by atoms with Gasteiger partial charge in [0.2, 0.25) is 0 Å². The quantitative estimate of drug-likeness (QED) is 0.519. The summed E-state index contributed by atoms with van der Waals surface area (Å²) < 4.78 is 30.6. The van der Waals surface area contributed by atoms with Crippen LogP contribution < -0.4 is 5.32 Å². The summed E-state index contributed by atoms with van der Waals surface area (Å²) in [4.78, 5) is 17.4. The summed E-state index contributed by atoms with van der Waals surface area (Å²) in [7, 11) is 1.50. The number of hydrogen-bond donors (Lipinski definition) is 1. The van der Waals surface area contributed by atoms with Gasteiger partial charge in [0.05, 0.1) is 21.4 Å². The molecule has 0 radical (unpaired) electrons. The van der Waals surface area contributed by atoms with Gasteiger partial charge in [-0.05, 0) is 43.2 Å². The van der Waals surface area contributed by atoms with Gasteiger partial charge in [-0.15, -0.1) is 0 Å². The number of amides is 1. The number of hydrogen-bond acceptors (Lipinski definition) is 2. The second kappa shape index (κ2) is 8.36. The van der Waals surface area contributed by atoms with Crippen LogP contribution in [0.5, 0.6) is 0 Å². The zero-order chi connectivity index (χ0) is 21.4. The second-order valence-corrected chi connectivity index (χ2v) is 8.08. The molecular weight excluding hydrogens is 431 g/mol. The van der Waals surface area contributed by atoms with Crippen LogP contribution in [-0.2, 0) is 0 Å². The number of rotatable bonds is 4. The van der Waals surface area contributed by atoms with E-state index in [9.17, 15) is 9.18 Å². The van der Waals surface area contributed by atoms with Crippen LogP contribution >= 0.6 is 23.2 Å². The third-order valence-electron chi connectivity index (χ3n) is 5.43. The highest BCUT2D eigenvalue weighted by Gasteiger charge is 2.31. The molecule has 1 fully saturated rings. The van der Waals surface area contributed by atoms with E-state index in [4.69, 9.17) is 23.2 Å². The summed E-state index contributed by atoms with van der Waals surface area (Å²) >= 11 is 12.1. The monoisotopic (exact) mass is 449 g/mol. The number of halogens is 4. The molecule has 1 aromatic heterocycles. The average Bonchev–Trinajstić information content (AvgIpc) is 3.39. The summed E-state index contributed by atoms with van der Waals surface area (Å²) in [5.74, 6) is -0.975. The van der Waals surface area contributed by atoms with Crippen molar-refractivity contribution >= 4 is 29.1 Å². The lowest BCUT2D eigenvalue weighted by Crippen LogP contribution is -2.19. The fourth-order valence-electron chi connectivity index (χ4n) is 3.99. The fourth-order valence-corrected chi connectivity index (χ4v) is 4.34. The first-order valence-electron chi connectivity index (χ1n) is 9.67. The fraction of sp³-hybridized carbons (Fsp3) is 0.273. The van der Waals surface area contributed by atoms with E-state index in [2.05, 4.69) is 10.3 Å². The SMILES string of the molecule is CNC(=O)c1nc(C2CCCC2)n(-c2cccc(Cl)c2F)c1-c1ccc(F)c(Cl)c1. The molecule has 1 amide bonds. The molecule has 30 heavy (non-hydrogen) atoms. The largest absolute Gasteiger partial charge is 0.354 e. The number of nitrogens with one attached hydrogen (secondary N) is 1. The van der Waals surface area contributed by atoms with Gasteiger partial charge in [0.15, 0.2) is 11.5 Å². The number of nitrogens with zero attached hydrogens (tertiary/aromatic N) is 2. The van der Waals surface area contributed by atoms with Gasteiger partial charge in [0.1, 0.15) is 11.6 Å². The molecule has 1 aliphatic rings. The lowest BCUT2D eigenvalue weighted by molar-refractivity contribution is 0.0959. The molecule has 1 saturated carbocycles. The van der Waals surface area contributed by atoms with Crippen LogP contribution in [0.4, 0.5) is 8.78 Å². The van der Waals surface area contributed by atoms with E-state index < -0.39 is 17.5 Å². The number of carbonyl (C=O) groups excluding carboxylic acids is 1. The molecule has 1 heterocycles. The molecular formula is C22H19Cl2F2N3O. The van der Waals surface area contributed by atoms with Crippen molar-refractivity contribution in [2.75, 3.05) is 7.05 Å². The molecule has 0 bridgehead atoms. The molecule has 4 nitrogen and oxygen atoms in total. The average molecular weight is 450 g/mol. The maximum atomic E-state index is 15.1. The van der Waals surface area contributed by atoms with Crippen molar-refractivity contribution in [3.05, 3.63) is 69.6 Å². The van der Waals surface area contributed by atoms with Crippen molar-refractivity contribution in [2.24, 2.45) is 0 Å². The normalized spacial score (nSPS) is 14.3. The minimum Gasteiger partial charge on any atom is -0.354 e. The van der Waals surface area contributed by atoms with Crippen molar-refractivity contribution in [1.82, 2.24) is 14.9 Å². The molecule has 0 atom stereocenters. The van der Waals surface area contributed by atoms with Gasteiger partial charge in [-0.3, -0.25) is 9.36 Å². The van der Waals surface area contributed by atoms with E-state index in [1.807, 2.05) is 0 Å². The van der Waals surface area contributed by atoms with E-state index in [1.54, 1.807) is 16.7 Å². The second-order valence-electron chi connectivity index (χ2n) is 7.26. The first kappa shape index (κ1) is 20.8. The van der Waals surface area contributed by atoms with Crippen LogP contribution in [-0.4, -0.2) is 22.5 Å². The van der Waals surface area contributed by atoms with Crippen molar-refractivity contribution in [1.29, 1.82) is 0 Å². The lowest BCUT2D eigenvalue weighted by atomic mass is 10.1. The summed E-state index contributed by atoms with van der Waals surface area (Å²) in [5.41, 5.74) is 1.11. The molecule has 3 aromatic rings. The highest BCUT2D eigenvalue weighted by molar-refractivity contribution is 6.31. The molecule has 0 unspecified atom stereocenters. The first-order valence-corrected chi connectivity index (χ1v) is 10.4. The van der Waals surface area contributed by atoms with E-state index in [-0.39, 0.29) is 27.3 Å². The van der Waals surface area contributed by atoms with E-state index in [0.29, 0.717) is 17.1 Å². The van der Waals surface area contributed by atoms with Crippen LogP contribution in [0.15, 0.2) is 36.4 Å². The van der Waals surface area contributed by atoms with Crippen molar-refractivity contribution in [3.63, 3.8) is 0 Å². The van der Waals surface area contributed by atoms with Crippen molar-refractivity contribution in [3.8, 4) is 16.9 Å². The molecule has 0 aliphatic heterocycles.